The third kappa shape index (κ3) is 39.0. The predicted molar refractivity (Wildman–Crippen MR) is 248 cm³/mol. The van der Waals surface area contributed by atoms with Crippen molar-refractivity contribution < 1.29 is 33.3 Å². The van der Waals surface area contributed by atoms with Crippen LogP contribution in [0, 0.1) is 11.8 Å². The first kappa shape index (κ1) is 57.3. The Balaban J connectivity index is 4.63. The standard InChI is InChI=1S/C51H99NO7/c1-6-11-15-19-21-29-37-47(35-27-17-13-8-3)50(54)58-42-33-25-23-31-39-52(41-44-56-45-46-57-49(53)10-5)40-32-24-26-34-43-59-51(55)48(36-28-18-14-9-4)38-30-22-20-16-12-7-2/h47-48H,6-46H2,1-5H3. The third-order valence-electron chi connectivity index (χ3n) is 11.8. The van der Waals surface area contributed by atoms with Crippen LogP contribution in [-0.2, 0) is 33.3 Å². The second kappa shape index (κ2) is 45.8. The van der Waals surface area contributed by atoms with E-state index in [2.05, 4.69) is 32.6 Å². The van der Waals surface area contributed by atoms with Crippen LogP contribution >= 0.6 is 0 Å². The summed E-state index contributed by atoms with van der Waals surface area (Å²) in [7, 11) is 0. The van der Waals surface area contributed by atoms with E-state index in [1.165, 1.54) is 103 Å². The Kier molecular flexibility index (Phi) is 44.5. The highest BCUT2D eigenvalue weighted by atomic mass is 16.6. The van der Waals surface area contributed by atoms with Crippen molar-refractivity contribution >= 4 is 17.9 Å². The van der Waals surface area contributed by atoms with Gasteiger partial charge in [-0.3, -0.25) is 14.4 Å². The fourth-order valence-electron chi connectivity index (χ4n) is 7.85. The molecular weight excluding hydrogens is 739 g/mol. The molecule has 0 radical (unpaired) electrons. The quantitative estimate of drug-likeness (QED) is 0.0340. The highest BCUT2D eigenvalue weighted by molar-refractivity contribution is 5.72. The minimum atomic E-state index is -0.189. The topological polar surface area (TPSA) is 91.4 Å². The Morgan fingerprint density at radius 1 is 0.356 bits per heavy atom. The molecular formula is C51H99NO7. The van der Waals surface area contributed by atoms with Crippen LogP contribution in [0.4, 0.5) is 0 Å². The maximum Gasteiger partial charge on any atom is 0.308 e. The number of hydrogen-bond acceptors (Lipinski definition) is 8. The van der Waals surface area contributed by atoms with Gasteiger partial charge in [0.05, 0.1) is 38.3 Å². The van der Waals surface area contributed by atoms with Gasteiger partial charge in [-0.25, -0.2) is 0 Å². The molecule has 8 nitrogen and oxygen atoms in total. The molecule has 0 aromatic heterocycles. The molecule has 0 aromatic carbocycles. The number of carbonyl (C=O) groups is 3. The van der Waals surface area contributed by atoms with Crippen molar-refractivity contribution in [2.45, 2.75) is 247 Å². The zero-order chi connectivity index (χ0) is 43.3. The number of hydrogen-bond donors (Lipinski definition) is 0. The molecule has 0 N–H and O–H groups in total. The van der Waals surface area contributed by atoms with Crippen molar-refractivity contribution in [1.29, 1.82) is 0 Å². The summed E-state index contributed by atoms with van der Waals surface area (Å²) in [6.45, 7) is 16.1. The summed E-state index contributed by atoms with van der Waals surface area (Å²) in [5.41, 5.74) is 0. The molecule has 0 spiro atoms. The van der Waals surface area contributed by atoms with Crippen LogP contribution in [0.1, 0.15) is 247 Å². The number of rotatable bonds is 47. The van der Waals surface area contributed by atoms with E-state index < -0.39 is 0 Å². The highest BCUT2D eigenvalue weighted by Crippen LogP contribution is 2.22. The molecule has 0 fully saturated rings. The lowest BCUT2D eigenvalue weighted by Gasteiger charge is -2.22. The van der Waals surface area contributed by atoms with Gasteiger partial charge in [-0.2, -0.15) is 0 Å². The van der Waals surface area contributed by atoms with Crippen molar-refractivity contribution in [3.8, 4) is 0 Å². The van der Waals surface area contributed by atoms with Crippen LogP contribution in [0.2, 0.25) is 0 Å². The Morgan fingerprint density at radius 3 is 1.12 bits per heavy atom. The molecule has 0 saturated heterocycles. The second-order valence-electron chi connectivity index (χ2n) is 17.4. The van der Waals surface area contributed by atoms with Gasteiger partial charge < -0.3 is 23.8 Å². The van der Waals surface area contributed by atoms with Crippen molar-refractivity contribution in [3.63, 3.8) is 0 Å². The van der Waals surface area contributed by atoms with Crippen molar-refractivity contribution in [2.24, 2.45) is 11.8 Å². The molecule has 0 heterocycles. The van der Waals surface area contributed by atoms with Crippen LogP contribution < -0.4 is 0 Å². The smallest absolute Gasteiger partial charge is 0.308 e. The highest BCUT2D eigenvalue weighted by Gasteiger charge is 2.20. The van der Waals surface area contributed by atoms with Crippen LogP contribution in [-0.4, -0.2) is 75.5 Å². The molecule has 2 atom stereocenters. The molecule has 0 saturated carbocycles. The summed E-state index contributed by atoms with van der Waals surface area (Å²) >= 11 is 0. The first-order valence-corrected chi connectivity index (χ1v) is 25.7. The third-order valence-corrected chi connectivity index (χ3v) is 11.8. The van der Waals surface area contributed by atoms with E-state index in [9.17, 15) is 14.4 Å². The lowest BCUT2D eigenvalue weighted by atomic mass is 9.94. The molecule has 2 unspecified atom stereocenters. The Bertz CT molecular complexity index is 857. The molecule has 59 heavy (non-hydrogen) atoms. The number of ether oxygens (including phenoxy) is 4. The number of unbranched alkanes of at least 4 members (excludes halogenated alkanes) is 22. The summed E-state index contributed by atoms with van der Waals surface area (Å²) in [5.74, 6) is 0.0219. The maximum absolute atomic E-state index is 13.0. The first-order chi connectivity index (χ1) is 28.9. The van der Waals surface area contributed by atoms with Gasteiger partial charge in [0, 0.05) is 13.0 Å². The fraction of sp³-hybridized carbons (Fsp3) is 0.941. The van der Waals surface area contributed by atoms with Crippen molar-refractivity contribution in [1.82, 2.24) is 4.90 Å². The van der Waals surface area contributed by atoms with Crippen LogP contribution in [0.5, 0.6) is 0 Å². The number of nitrogens with zero attached hydrogens (tertiary/aromatic N) is 1. The van der Waals surface area contributed by atoms with Gasteiger partial charge in [0.1, 0.15) is 6.61 Å². The molecule has 0 aliphatic carbocycles. The van der Waals surface area contributed by atoms with Gasteiger partial charge in [-0.1, -0.05) is 189 Å². The van der Waals surface area contributed by atoms with Gasteiger partial charge >= 0.3 is 17.9 Å². The maximum atomic E-state index is 13.0. The monoisotopic (exact) mass is 838 g/mol. The van der Waals surface area contributed by atoms with Crippen LogP contribution in [0.3, 0.4) is 0 Å². The minimum absolute atomic E-state index is 0.0364. The molecule has 0 aromatic rings. The average Bonchev–Trinajstić information content (AvgIpc) is 3.24. The van der Waals surface area contributed by atoms with Gasteiger partial charge in [0.15, 0.2) is 0 Å². The van der Waals surface area contributed by atoms with E-state index in [0.717, 1.165) is 122 Å². The van der Waals surface area contributed by atoms with E-state index in [0.29, 0.717) is 39.5 Å². The lowest BCUT2D eigenvalue weighted by molar-refractivity contribution is -0.150. The van der Waals surface area contributed by atoms with E-state index in [1.807, 2.05) is 0 Å². The van der Waals surface area contributed by atoms with E-state index in [4.69, 9.17) is 18.9 Å². The van der Waals surface area contributed by atoms with Gasteiger partial charge in [-0.05, 0) is 64.5 Å². The largest absolute Gasteiger partial charge is 0.465 e. The molecule has 0 aliphatic rings. The van der Waals surface area contributed by atoms with E-state index >= 15 is 0 Å². The molecule has 0 rings (SSSR count). The van der Waals surface area contributed by atoms with Gasteiger partial charge in [0.25, 0.3) is 0 Å². The average molecular weight is 838 g/mol. The minimum Gasteiger partial charge on any atom is -0.465 e. The zero-order valence-corrected chi connectivity index (χ0v) is 40.0. The Labute approximate surface area is 366 Å². The Morgan fingerprint density at radius 2 is 0.712 bits per heavy atom. The number of carbonyl (C=O) groups excluding carboxylic acids is 3. The Hall–Kier alpha value is -1.67. The molecule has 0 amide bonds. The molecule has 0 bridgehead atoms. The second-order valence-corrected chi connectivity index (χ2v) is 17.4. The van der Waals surface area contributed by atoms with Gasteiger partial charge in [0.2, 0.25) is 0 Å². The van der Waals surface area contributed by atoms with Crippen molar-refractivity contribution in [2.75, 3.05) is 52.7 Å². The summed E-state index contributed by atoms with van der Waals surface area (Å²) in [5, 5.41) is 0. The van der Waals surface area contributed by atoms with E-state index in [-0.39, 0.29) is 29.7 Å². The van der Waals surface area contributed by atoms with Gasteiger partial charge in [-0.15, -0.1) is 0 Å². The van der Waals surface area contributed by atoms with Crippen LogP contribution in [0.25, 0.3) is 0 Å². The summed E-state index contributed by atoms with van der Waals surface area (Å²) in [4.78, 5) is 40.0. The lowest BCUT2D eigenvalue weighted by Crippen LogP contribution is -2.30. The van der Waals surface area contributed by atoms with Crippen LogP contribution in [0.15, 0.2) is 0 Å². The normalized spacial score (nSPS) is 12.5. The summed E-state index contributed by atoms with van der Waals surface area (Å²) < 4.78 is 22.6. The fourth-order valence-corrected chi connectivity index (χ4v) is 7.85. The summed E-state index contributed by atoms with van der Waals surface area (Å²) in [6.07, 6.45) is 37.4. The molecule has 8 heteroatoms. The zero-order valence-electron chi connectivity index (χ0n) is 40.0. The predicted octanol–water partition coefficient (Wildman–Crippen LogP) is 14.1. The molecule has 0 aliphatic heterocycles. The van der Waals surface area contributed by atoms with Crippen molar-refractivity contribution in [3.05, 3.63) is 0 Å². The van der Waals surface area contributed by atoms with E-state index in [1.54, 1.807) is 6.92 Å². The number of esters is 3. The SMILES string of the molecule is CCCCCCCCC(CCCCCC)C(=O)OCCCCCCN(CCCCCCOC(=O)C(CCCCCC)CCCCCCCC)CCOCCOC(=O)CC. The first-order valence-electron chi connectivity index (χ1n) is 25.7. The summed E-state index contributed by atoms with van der Waals surface area (Å²) in [6, 6.07) is 0. The molecule has 350 valence electrons.